The van der Waals surface area contributed by atoms with Gasteiger partial charge in [-0.1, -0.05) is 0 Å². The van der Waals surface area contributed by atoms with E-state index < -0.39 is 0 Å². The SMILES string of the molecule is CC(C)[N]C(=O)[N]C(C)C. The average Bonchev–Trinajstić information content (AvgIpc) is 1.58. The van der Waals surface area contributed by atoms with Gasteiger partial charge >= 0.3 is 6.03 Å². The van der Waals surface area contributed by atoms with Crippen molar-refractivity contribution >= 4 is 6.03 Å². The van der Waals surface area contributed by atoms with E-state index in [0.717, 1.165) is 0 Å². The number of hydrogen-bond acceptors (Lipinski definition) is 1. The Morgan fingerprint density at radius 2 is 1.30 bits per heavy atom. The molecule has 0 aromatic rings. The first-order chi connectivity index (χ1) is 4.52. The lowest BCUT2D eigenvalue weighted by Crippen LogP contribution is -2.32. The number of carbonyl (C=O) groups excluding carboxylic acids is 1. The fraction of sp³-hybridized carbons (Fsp3) is 0.857. The molecule has 0 saturated heterocycles. The second-order valence-electron chi connectivity index (χ2n) is 2.73. The number of urea groups is 1. The van der Waals surface area contributed by atoms with Gasteiger partial charge in [0.15, 0.2) is 0 Å². The zero-order chi connectivity index (χ0) is 8.15. The highest BCUT2D eigenvalue weighted by Gasteiger charge is 2.07. The number of hydrogen-bond donors (Lipinski definition) is 0. The van der Waals surface area contributed by atoms with E-state index in [2.05, 4.69) is 10.6 Å². The van der Waals surface area contributed by atoms with Gasteiger partial charge in [-0.15, -0.1) is 0 Å². The molecule has 0 fully saturated rings. The Labute approximate surface area is 62.2 Å². The van der Waals surface area contributed by atoms with Crippen LogP contribution in [0, 0.1) is 0 Å². The Hall–Kier alpha value is -0.730. The third-order valence-corrected chi connectivity index (χ3v) is 0.737. The van der Waals surface area contributed by atoms with Gasteiger partial charge in [0.2, 0.25) is 0 Å². The molecule has 0 N–H and O–H groups in total. The molecule has 0 rings (SSSR count). The summed E-state index contributed by atoms with van der Waals surface area (Å²) in [5, 5.41) is 7.42. The van der Waals surface area contributed by atoms with Gasteiger partial charge in [-0.2, -0.15) is 0 Å². The monoisotopic (exact) mass is 142 g/mol. The average molecular weight is 142 g/mol. The van der Waals surface area contributed by atoms with Crippen LogP contribution >= 0.6 is 0 Å². The smallest absolute Gasteiger partial charge is 0.244 e. The molecule has 0 unspecified atom stereocenters. The molecule has 0 atom stereocenters. The van der Waals surface area contributed by atoms with Crippen molar-refractivity contribution in [2.45, 2.75) is 39.8 Å². The molecule has 0 saturated carbocycles. The topological polar surface area (TPSA) is 45.3 Å². The van der Waals surface area contributed by atoms with Crippen LogP contribution in [-0.4, -0.2) is 18.1 Å². The highest BCUT2D eigenvalue weighted by Crippen LogP contribution is 1.84. The van der Waals surface area contributed by atoms with Crippen molar-refractivity contribution in [3.05, 3.63) is 0 Å². The van der Waals surface area contributed by atoms with Crippen LogP contribution in [0.5, 0.6) is 0 Å². The van der Waals surface area contributed by atoms with Gasteiger partial charge in [0.25, 0.3) is 0 Å². The second-order valence-corrected chi connectivity index (χ2v) is 2.73. The molecule has 0 aliphatic carbocycles. The third-order valence-electron chi connectivity index (χ3n) is 0.737. The summed E-state index contributed by atoms with van der Waals surface area (Å²) < 4.78 is 0. The first-order valence-corrected chi connectivity index (χ1v) is 3.48. The van der Waals surface area contributed by atoms with Crippen LogP contribution in [-0.2, 0) is 0 Å². The normalized spacial score (nSPS) is 10.2. The fourth-order valence-corrected chi connectivity index (χ4v) is 0.475. The lowest BCUT2D eigenvalue weighted by atomic mass is 10.4. The minimum Gasteiger partial charge on any atom is -0.244 e. The Morgan fingerprint density at radius 3 is 1.50 bits per heavy atom. The van der Waals surface area contributed by atoms with Crippen LogP contribution in [0.3, 0.4) is 0 Å². The molecule has 58 valence electrons. The molecule has 2 amide bonds. The number of nitrogens with zero attached hydrogens (tertiary/aromatic N) is 2. The maximum atomic E-state index is 10.7. The van der Waals surface area contributed by atoms with Gasteiger partial charge in [0.1, 0.15) is 0 Å². The van der Waals surface area contributed by atoms with Crippen molar-refractivity contribution in [1.29, 1.82) is 0 Å². The second kappa shape index (κ2) is 4.14. The maximum absolute atomic E-state index is 10.7. The molecule has 0 aromatic heterocycles. The van der Waals surface area contributed by atoms with Crippen molar-refractivity contribution in [3.63, 3.8) is 0 Å². The van der Waals surface area contributed by atoms with E-state index in [1.807, 2.05) is 27.7 Å². The first-order valence-electron chi connectivity index (χ1n) is 3.48. The first kappa shape index (κ1) is 9.27. The fourth-order valence-electron chi connectivity index (χ4n) is 0.475. The Morgan fingerprint density at radius 1 is 1.00 bits per heavy atom. The Balaban J connectivity index is 3.44. The summed E-state index contributed by atoms with van der Waals surface area (Å²) in [4.78, 5) is 10.7. The molecule has 0 aliphatic heterocycles. The van der Waals surface area contributed by atoms with Crippen LogP contribution in [0.25, 0.3) is 0 Å². The molecule has 10 heavy (non-hydrogen) atoms. The van der Waals surface area contributed by atoms with Crippen LogP contribution < -0.4 is 10.6 Å². The summed E-state index contributed by atoms with van der Waals surface area (Å²) in [6, 6.07) is -0.241. The molecule has 2 radical (unpaired) electrons. The zero-order valence-corrected chi connectivity index (χ0v) is 6.96. The van der Waals surface area contributed by atoms with E-state index in [4.69, 9.17) is 0 Å². The quantitative estimate of drug-likeness (QED) is 0.570. The third kappa shape index (κ3) is 5.41. The largest absolute Gasteiger partial charge is 0.358 e. The van der Waals surface area contributed by atoms with E-state index in [0.29, 0.717) is 0 Å². The lowest BCUT2D eigenvalue weighted by molar-refractivity contribution is 0.234. The lowest BCUT2D eigenvalue weighted by Gasteiger charge is -2.06. The van der Waals surface area contributed by atoms with E-state index in [-0.39, 0.29) is 18.1 Å². The predicted molar refractivity (Wildman–Crippen MR) is 39.9 cm³/mol. The Bertz CT molecular complexity index is 98.2. The molecular weight excluding hydrogens is 128 g/mol. The van der Waals surface area contributed by atoms with Gasteiger partial charge in [-0.3, -0.25) is 0 Å². The van der Waals surface area contributed by atoms with E-state index in [1.54, 1.807) is 0 Å². The zero-order valence-electron chi connectivity index (χ0n) is 6.96. The Kier molecular flexibility index (Phi) is 3.84. The van der Waals surface area contributed by atoms with Crippen molar-refractivity contribution < 1.29 is 4.79 Å². The molecule has 0 aromatic carbocycles. The van der Waals surface area contributed by atoms with Crippen LogP contribution in [0.2, 0.25) is 0 Å². The maximum Gasteiger partial charge on any atom is 0.358 e. The number of carbonyl (C=O) groups is 1. The van der Waals surface area contributed by atoms with Crippen LogP contribution in [0.4, 0.5) is 4.79 Å². The predicted octanol–water partition coefficient (Wildman–Crippen LogP) is 1.13. The van der Waals surface area contributed by atoms with Crippen LogP contribution in [0.1, 0.15) is 27.7 Å². The van der Waals surface area contributed by atoms with Gasteiger partial charge in [-0.25, -0.2) is 15.4 Å². The minimum absolute atomic E-state index is 0.0509. The summed E-state index contributed by atoms with van der Waals surface area (Å²) in [6.07, 6.45) is 0. The molecule has 3 nitrogen and oxygen atoms in total. The van der Waals surface area contributed by atoms with Crippen molar-refractivity contribution in [1.82, 2.24) is 10.6 Å². The summed E-state index contributed by atoms with van der Waals surface area (Å²) in [6.45, 7) is 7.42. The summed E-state index contributed by atoms with van der Waals surface area (Å²) in [5.74, 6) is 0. The number of rotatable bonds is 2. The van der Waals surface area contributed by atoms with E-state index >= 15 is 0 Å². The highest BCUT2D eigenvalue weighted by atomic mass is 16.2. The molecule has 3 heteroatoms. The molecular formula is C7H14N2O. The highest BCUT2D eigenvalue weighted by molar-refractivity contribution is 5.73. The van der Waals surface area contributed by atoms with E-state index in [9.17, 15) is 4.79 Å². The summed E-state index contributed by atoms with van der Waals surface area (Å²) in [7, 11) is 0. The van der Waals surface area contributed by atoms with E-state index in [1.165, 1.54) is 0 Å². The van der Waals surface area contributed by atoms with Crippen molar-refractivity contribution in [3.8, 4) is 0 Å². The minimum atomic E-state index is -0.343. The van der Waals surface area contributed by atoms with Gasteiger partial charge in [0, 0.05) is 0 Å². The van der Waals surface area contributed by atoms with Gasteiger partial charge in [-0.05, 0) is 27.7 Å². The van der Waals surface area contributed by atoms with Crippen molar-refractivity contribution in [2.24, 2.45) is 0 Å². The summed E-state index contributed by atoms with van der Waals surface area (Å²) >= 11 is 0. The molecule has 0 aliphatic rings. The van der Waals surface area contributed by atoms with Gasteiger partial charge in [0.05, 0.1) is 12.1 Å². The standard InChI is InChI=1S/C7H14N2O/c1-5(2)8-7(10)9-6(3)4/h5-6H,1-4H3. The molecule has 0 heterocycles. The van der Waals surface area contributed by atoms with Gasteiger partial charge < -0.3 is 0 Å². The number of amides is 2. The molecule has 0 spiro atoms. The summed E-state index contributed by atoms with van der Waals surface area (Å²) in [5.41, 5.74) is 0. The van der Waals surface area contributed by atoms with Crippen molar-refractivity contribution in [2.75, 3.05) is 0 Å². The molecule has 0 bridgehead atoms. The van der Waals surface area contributed by atoms with Crippen LogP contribution in [0.15, 0.2) is 0 Å².